The molecule has 2 heterocycles. The number of hydrogen-bond acceptors (Lipinski definition) is 4. The first-order chi connectivity index (χ1) is 11.1. The van der Waals surface area contributed by atoms with Gasteiger partial charge < -0.3 is 10.6 Å². The Balaban J connectivity index is 1.74. The molecule has 0 fully saturated rings. The largest absolute Gasteiger partial charge is 0.379 e. The average Bonchev–Trinajstić information content (AvgIpc) is 2.53. The molecular weight excluding hydrogens is 356 g/mol. The van der Waals surface area contributed by atoms with E-state index in [0.717, 1.165) is 32.4 Å². The lowest BCUT2D eigenvalue weighted by Crippen LogP contribution is -2.06. The number of carbonyl (C=O) groups is 1. The normalized spacial score (nSPS) is 10.5. The maximum atomic E-state index is 11.0. The molecule has 1 amide bonds. The summed E-state index contributed by atoms with van der Waals surface area (Å²) in [5, 5.41) is 6.13. The van der Waals surface area contributed by atoms with Crippen molar-refractivity contribution in [1.29, 1.82) is 0 Å². The van der Waals surface area contributed by atoms with Gasteiger partial charge in [-0.25, -0.2) is 0 Å². The van der Waals surface area contributed by atoms with Crippen molar-refractivity contribution in [2.75, 3.05) is 10.6 Å². The molecule has 0 unspecified atom stereocenters. The van der Waals surface area contributed by atoms with Crippen LogP contribution in [-0.2, 0) is 11.3 Å². The predicted molar refractivity (Wildman–Crippen MR) is 95.3 cm³/mol. The molecule has 0 atom stereocenters. The summed E-state index contributed by atoms with van der Waals surface area (Å²) >= 11 is 3.40. The van der Waals surface area contributed by atoms with Crippen LogP contribution in [0, 0.1) is 0 Å². The van der Waals surface area contributed by atoms with E-state index in [0.29, 0.717) is 6.54 Å². The Hall–Kier alpha value is -2.47. The number of fused-ring (bicyclic) bond motifs is 1. The zero-order valence-electron chi connectivity index (χ0n) is 12.5. The smallest absolute Gasteiger partial charge is 0.221 e. The van der Waals surface area contributed by atoms with E-state index >= 15 is 0 Å². The van der Waals surface area contributed by atoms with Gasteiger partial charge in [0.1, 0.15) is 5.52 Å². The minimum atomic E-state index is -0.0728. The Bertz CT molecular complexity index is 849. The van der Waals surface area contributed by atoms with Crippen LogP contribution in [-0.4, -0.2) is 15.9 Å². The SMILES string of the molecule is CC(=O)Nc1ccc(CNc2ccnc3cc(Br)cnc23)cc1. The summed E-state index contributed by atoms with van der Waals surface area (Å²) in [7, 11) is 0. The minimum Gasteiger partial charge on any atom is -0.379 e. The van der Waals surface area contributed by atoms with Gasteiger partial charge in [0, 0.05) is 36.0 Å². The van der Waals surface area contributed by atoms with Gasteiger partial charge in [0.05, 0.1) is 11.2 Å². The van der Waals surface area contributed by atoms with Gasteiger partial charge in [0.25, 0.3) is 0 Å². The fourth-order valence-electron chi connectivity index (χ4n) is 2.25. The number of pyridine rings is 2. The van der Waals surface area contributed by atoms with Gasteiger partial charge in [-0.1, -0.05) is 12.1 Å². The van der Waals surface area contributed by atoms with Gasteiger partial charge >= 0.3 is 0 Å². The van der Waals surface area contributed by atoms with E-state index in [1.807, 2.05) is 36.4 Å². The number of aromatic nitrogens is 2. The number of halogens is 1. The van der Waals surface area contributed by atoms with E-state index in [1.54, 1.807) is 12.4 Å². The molecular formula is C17H15BrN4O. The van der Waals surface area contributed by atoms with Gasteiger partial charge in [0.2, 0.25) is 5.91 Å². The lowest BCUT2D eigenvalue weighted by atomic mass is 10.2. The number of nitrogens with one attached hydrogen (secondary N) is 2. The van der Waals surface area contributed by atoms with Gasteiger partial charge in [-0.2, -0.15) is 0 Å². The quantitative estimate of drug-likeness (QED) is 0.729. The van der Waals surface area contributed by atoms with E-state index in [-0.39, 0.29) is 5.91 Å². The third kappa shape index (κ3) is 3.84. The molecule has 0 radical (unpaired) electrons. The Morgan fingerprint density at radius 2 is 1.96 bits per heavy atom. The summed E-state index contributed by atoms with van der Waals surface area (Å²) in [6.07, 6.45) is 3.52. The van der Waals surface area contributed by atoms with Crippen molar-refractivity contribution in [1.82, 2.24) is 9.97 Å². The molecule has 0 spiro atoms. The molecule has 116 valence electrons. The number of benzene rings is 1. The predicted octanol–water partition coefficient (Wildman–Crippen LogP) is 3.96. The van der Waals surface area contributed by atoms with Crippen molar-refractivity contribution >= 4 is 44.2 Å². The molecule has 6 heteroatoms. The molecule has 0 saturated heterocycles. The number of rotatable bonds is 4. The number of carbonyl (C=O) groups excluding carboxylic acids is 1. The molecule has 0 aliphatic rings. The van der Waals surface area contributed by atoms with E-state index in [1.165, 1.54) is 6.92 Å². The molecule has 0 bridgehead atoms. The maximum absolute atomic E-state index is 11.0. The third-order valence-electron chi connectivity index (χ3n) is 3.30. The zero-order chi connectivity index (χ0) is 16.2. The molecule has 23 heavy (non-hydrogen) atoms. The summed E-state index contributed by atoms with van der Waals surface area (Å²) in [5.74, 6) is -0.0728. The second-order valence-electron chi connectivity index (χ2n) is 5.11. The Morgan fingerprint density at radius 1 is 1.17 bits per heavy atom. The van der Waals surface area contributed by atoms with E-state index < -0.39 is 0 Å². The molecule has 3 rings (SSSR count). The van der Waals surface area contributed by atoms with Crippen LogP contribution in [0.4, 0.5) is 11.4 Å². The molecule has 0 saturated carbocycles. The molecule has 0 aliphatic heterocycles. The van der Waals surface area contributed by atoms with Crippen LogP contribution in [0.1, 0.15) is 12.5 Å². The topological polar surface area (TPSA) is 66.9 Å². The Morgan fingerprint density at radius 3 is 2.70 bits per heavy atom. The number of nitrogens with zero attached hydrogens (tertiary/aromatic N) is 2. The van der Waals surface area contributed by atoms with E-state index in [4.69, 9.17) is 0 Å². The molecule has 2 aromatic heterocycles. The third-order valence-corrected chi connectivity index (χ3v) is 3.74. The van der Waals surface area contributed by atoms with Crippen LogP contribution in [0.25, 0.3) is 11.0 Å². The summed E-state index contributed by atoms with van der Waals surface area (Å²) in [6.45, 7) is 2.16. The van der Waals surface area contributed by atoms with Crippen LogP contribution in [0.3, 0.4) is 0 Å². The number of hydrogen-bond donors (Lipinski definition) is 2. The highest BCUT2D eigenvalue weighted by Gasteiger charge is 2.04. The highest BCUT2D eigenvalue weighted by atomic mass is 79.9. The first kappa shape index (κ1) is 15.4. The number of anilines is 2. The highest BCUT2D eigenvalue weighted by Crippen LogP contribution is 2.22. The van der Waals surface area contributed by atoms with Gasteiger partial charge in [-0.15, -0.1) is 0 Å². The first-order valence-corrected chi connectivity index (χ1v) is 7.92. The van der Waals surface area contributed by atoms with Gasteiger partial charge in [-0.3, -0.25) is 14.8 Å². The van der Waals surface area contributed by atoms with Crippen LogP contribution in [0.2, 0.25) is 0 Å². The zero-order valence-corrected chi connectivity index (χ0v) is 14.1. The average molecular weight is 371 g/mol. The second-order valence-corrected chi connectivity index (χ2v) is 6.03. The summed E-state index contributed by atoms with van der Waals surface area (Å²) in [5.41, 5.74) is 4.52. The number of amides is 1. The van der Waals surface area contributed by atoms with Gasteiger partial charge in [-0.05, 0) is 45.8 Å². The molecule has 1 aromatic carbocycles. The minimum absolute atomic E-state index is 0.0728. The fourth-order valence-corrected chi connectivity index (χ4v) is 2.57. The monoisotopic (exact) mass is 370 g/mol. The van der Waals surface area contributed by atoms with E-state index in [9.17, 15) is 4.79 Å². The Labute approximate surface area is 142 Å². The fraction of sp³-hybridized carbons (Fsp3) is 0.118. The van der Waals surface area contributed by atoms with Crippen molar-refractivity contribution in [2.45, 2.75) is 13.5 Å². The van der Waals surface area contributed by atoms with Crippen molar-refractivity contribution in [3.8, 4) is 0 Å². The van der Waals surface area contributed by atoms with Crippen molar-refractivity contribution in [3.05, 3.63) is 58.8 Å². The van der Waals surface area contributed by atoms with Crippen molar-refractivity contribution in [2.24, 2.45) is 0 Å². The molecule has 0 aliphatic carbocycles. The second kappa shape index (κ2) is 6.75. The lowest BCUT2D eigenvalue weighted by Gasteiger charge is -2.10. The highest BCUT2D eigenvalue weighted by molar-refractivity contribution is 9.10. The first-order valence-electron chi connectivity index (χ1n) is 7.12. The summed E-state index contributed by atoms with van der Waals surface area (Å²) < 4.78 is 0.906. The van der Waals surface area contributed by atoms with Crippen LogP contribution in [0.5, 0.6) is 0 Å². The van der Waals surface area contributed by atoms with Gasteiger partial charge in [0.15, 0.2) is 0 Å². The molecule has 3 aromatic rings. The standard InChI is InChI=1S/C17H15BrN4O/c1-11(23)22-14-4-2-12(3-5-14)9-20-15-6-7-19-16-8-13(18)10-21-17(15)16/h2-8,10H,9H2,1H3,(H,19,20)(H,22,23). The summed E-state index contributed by atoms with van der Waals surface area (Å²) in [4.78, 5) is 19.8. The molecule has 2 N–H and O–H groups in total. The van der Waals surface area contributed by atoms with Crippen LogP contribution < -0.4 is 10.6 Å². The van der Waals surface area contributed by atoms with Crippen molar-refractivity contribution in [3.63, 3.8) is 0 Å². The van der Waals surface area contributed by atoms with Crippen LogP contribution in [0.15, 0.2) is 53.3 Å². The summed E-state index contributed by atoms with van der Waals surface area (Å²) in [6, 6.07) is 11.6. The Kier molecular flexibility index (Phi) is 4.52. The van der Waals surface area contributed by atoms with Crippen LogP contribution >= 0.6 is 15.9 Å². The maximum Gasteiger partial charge on any atom is 0.221 e. The van der Waals surface area contributed by atoms with Crippen molar-refractivity contribution < 1.29 is 4.79 Å². The molecule has 5 nitrogen and oxygen atoms in total. The van der Waals surface area contributed by atoms with E-state index in [2.05, 4.69) is 36.5 Å². The lowest BCUT2D eigenvalue weighted by molar-refractivity contribution is -0.114.